The number of piperazine rings is 2. The first-order valence-electron chi connectivity index (χ1n) is 41.5. The van der Waals surface area contributed by atoms with Gasteiger partial charge in [-0.1, -0.05) is 72.8 Å². The third-order valence-corrected chi connectivity index (χ3v) is 30.1. The van der Waals surface area contributed by atoms with Gasteiger partial charge in [-0.25, -0.2) is 9.59 Å². The molecule has 8 aromatic carbocycles. The molecule has 22 rings (SSSR count). The lowest BCUT2D eigenvalue weighted by atomic mass is 9.71. The molecule has 30 heteroatoms. The van der Waals surface area contributed by atoms with Crippen molar-refractivity contribution in [1.29, 1.82) is 5.26 Å². The Balaban J connectivity index is 0.000000162. The maximum Gasteiger partial charge on any atom is 0.331 e. The van der Waals surface area contributed by atoms with E-state index in [4.69, 9.17) is 66.3 Å². The van der Waals surface area contributed by atoms with Crippen LogP contribution in [0.15, 0.2) is 97.1 Å². The second-order valence-electron chi connectivity index (χ2n) is 33.5. The first-order chi connectivity index (χ1) is 59.5. The summed E-state index contributed by atoms with van der Waals surface area (Å²) in [4.78, 5) is 64.8. The molecule has 0 saturated carbocycles. The lowest BCUT2D eigenvalue weighted by Gasteiger charge is -2.62. The number of phenols is 2. The second-order valence-corrected chi connectivity index (χ2v) is 35.8. The summed E-state index contributed by atoms with van der Waals surface area (Å²) in [6, 6.07) is 29.3. The Morgan fingerprint density at radius 1 is 0.528 bits per heavy atom. The summed E-state index contributed by atoms with van der Waals surface area (Å²) in [6.07, 6.45) is 1.16. The number of aliphatic hydroxyl groups is 1. The van der Waals surface area contributed by atoms with Gasteiger partial charge in [0.25, 0.3) is 0 Å². The van der Waals surface area contributed by atoms with Gasteiger partial charge in [0.15, 0.2) is 80.1 Å². The minimum absolute atomic E-state index is 0.0487. The molecule has 5 N–H and O–H groups in total. The molecule has 28 nitrogen and oxygen atoms in total. The highest BCUT2D eigenvalue weighted by atomic mass is 32.2. The molecule has 14 aliphatic heterocycles. The fourth-order valence-electron chi connectivity index (χ4n) is 21.8. The number of hydrogen-bond donors (Lipinski definition) is 5. The monoisotopic (exact) mass is 1710 g/mol. The smallest absolute Gasteiger partial charge is 0.331 e. The van der Waals surface area contributed by atoms with E-state index in [2.05, 4.69) is 37.5 Å². The van der Waals surface area contributed by atoms with Crippen LogP contribution in [0.25, 0.3) is 0 Å². The number of likely N-dealkylation sites (N-methyl/N-ethyl adjacent to an activating group) is 2. The third-order valence-electron chi connectivity index (χ3n) is 27.1. The molecular weight excluding hydrogens is 1620 g/mol. The summed E-state index contributed by atoms with van der Waals surface area (Å²) in [5.41, 5.74) is 11.4. The van der Waals surface area contributed by atoms with Crippen LogP contribution in [0.2, 0.25) is 0 Å². The van der Waals surface area contributed by atoms with Gasteiger partial charge < -0.3 is 81.6 Å². The first-order valence-corrected chi connectivity index (χ1v) is 43.6. The van der Waals surface area contributed by atoms with Gasteiger partial charge in [0.1, 0.15) is 50.2 Å². The number of aryl methyl sites for hydroxylation is 2. The highest BCUT2D eigenvalue weighted by Crippen LogP contribution is 2.68. The van der Waals surface area contributed by atoms with E-state index in [9.17, 15) is 30.2 Å². The SMILES string of the molecule is COc1cc2c(cc1OCc1ccccc1)CCN[C@]21CS[C@@H]2c3c(OC(C)=O)c(C)c4c(c3[C@H](COC1=O)N1C2[C@H]2c3c(cc(C)c(OC)c3O)C[C@@H]([C@@H]1C#N)N2C)OCO4.COc1cc2c(cc1OCc1ccccc1)CCN[C@]21CS[C@@H]2c3c(OC(C)=O)c(C)c4c(c3[C@H](COC1=O)N1C2[C@H]2c3c(cc(C)c(OC)c3O)C[C@@H]([C@@H]1O)N2C)OCO4. The molecule has 4 fully saturated rings. The molecule has 123 heavy (non-hydrogen) atoms. The first kappa shape index (κ1) is 81.8. The maximum atomic E-state index is 15.1. The average molecular weight is 1710 g/mol. The summed E-state index contributed by atoms with van der Waals surface area (Å²) in [5.74, 6) is 3.87. The van der Waals surface area contributed by atoms with E-state index in [1.165, 1.54) is 37.4 Å². The van der Waals surface area contributed by atoms with Crippen molar-refractivity contribution in [2.24, 2.45) is 0 Å². The number of nitrogens with zero attached hydrogens (tertiary/aromatic N) is 5. The highest BCUT2D eigenvalue weighted by Gasteiger charge is 2.65. The van der Waals surface area contributed by atoms with Gasteiger partial charge in [0.2, 0.25) is 13.6 Å². The summed E-state index contributed by atoms with van der Waals surface area (Å²) in [6.45, 7) is 11.4. The third kappa shape index (κ3) is 12.8. The Morgan fingerprint density at radius 3 is 1.38 bits per heavy atom. The number of nitriles is 1. The van der Waals surface area contributed by atoms with Crippen molar-refractivity contribution in [3.05, 3.63) is 197 Å². The molecule has 0 aliphatic carbocycles. The van der Waals surface area contributed by atoms with Crippen LogP contribution in [0, 0.1) is 39.0 Å². The maximum absolute atomic E-state index is 15.1. The molecule has 8 bridgehead atoms. The van der Waals surface area contributed by atoms with E-state index < -0.39 is 94.0 Å². The lowest BCUT2D eigenvalue weighted by molar-refractivity contribution is -0.186. The number of phenolic OH excluding ortho intramolecular Hbond substituents is 2. The zero-order valence-corrected chi connectivity index (χ0v) is 71.9. The number of carbonyl (C=O) groups is 4. The number of methoxy groups -OCH3 is 4. The minimum atomic E-state index is -1.34. The molecule has 8 aromatic rings. The van der Waals surface area contributed by atoms with Gasteiger partial charge in [-0.2, -0.15) is 5.26 Å². The number of esters is 4. The van der Waals surface area contributed by atoms with Crippen LogP contribution in [-0.4, -0.2) is 189 Å². The van der Waals surface area contributed by atoms with Crippen molar-refractivity contribution < 1.29 is 101 Å². The van der Waals surface area contributed by atoms with E-state index in [1.54, 1.807) is 28.4 Å². The summed E-state index contributed by atoms with van der Waals surface area (Å²) < 4.78 is 86.2. The van der Waals surface area contributed by atoms with Crippen molar-refractivity contribution in [2.75, 3.05) is 93.9 Å². The lowest BCUT2D eigenvalue weighted by Crippen LogP contribution is -2.70. The predicted octanol–water partition coefficient (Wildman–Crippen LogP) is 11.1. The van der Waals surface area contributed by atoms with Gasteiger partial charge >= 0.3 is 23.9 Å². The van der Waals surface area contributed by atoms with Crippen LogP contribution in [0.1, 0.15) is 149 Å². The normalized spacial score (nSPS) is 27.1. The summed E-state index contributed by atoms with van der Waals surface area (Å²) in [7, 11) is 10.2. The number of aliphatic hydroxyl groups excluding tert-OH is 1. The van der Waals surface area contributed by atoms with Crippen LogP contribution in [-0.2, 0) is 78.6 Å². The fraction of sp³-hybridized carbons (Fsp3) is 0.430. The molecule has 0 radical (unpaired) electrons. The van der Waals surface area contributed by atoms with E-state index in [0.29, 0.717) is 160 Å². The molecule has 0 amide bonds. The molecule has 642 valence electrons. The Kier molecular flexibility index (Phi) is 21.1. The number of aromatic hydroxyl groups is 2. The molecule has 14 aliphatic rings. The number of ether oxygens (including phenoxy) is 14. The van der Waals surface area contributed by atoms with Crippen molar-refractivity contribution in [3.63, 3.8) is 0 Å². The summed E-state index contributed by atoms with van der Waals surface area (Å²) >= 11 is 3.02. The fourth-order valence-corrected chi connectivity index (χ4v) is 25.2. The van der Waals surface area contributed by atoms with E-state index in [1.807, 2.05) is 138 Å². The number of benzene rings is 8. The van der Waals surface area contributed by atoms with Crippen molar-refractivity contribution in [3.8, 4) is 86.6 Å². The van der Waals surface area contributed by atoms with Gasteiger partial charge in [0.05, 0.1) is 75.2 Å². The Bertz CT molecular complexity index is 5720. The summed E-state index contributed by atoms with van der Waals surface area (Å²) in [5, 5.41) is 54.2. The highest BCUT2D eigenvalue weighted by molar-refractivity contribution is 7.99. The van der Waals surface area contributed by atoms with Crippen LogP contribution >= 0.6 is 23.5 Å². The standard InChI is InChI=1S/C47H48N4O10S.C46H49N3O11S/c1-23-14-28-15-30-31(18-48)51-32-20-58-46(54)47(29-17-33(55-5)34(16-27(29)12-13-49-47)57-19-26-10-8-7-9-11-26)21-62-45(39(51)38(50(30)4)35(28)40(53)41(23)56-6)37-36(32)44-43(59-22-60-44)24(2)42(37)61-25(3)52;1-22-14-27-15-29-44(52)49-30-19-57-45(53)46(28-17-31(54-5)32(16-26(28)12-13-47-46)56-18-25-10-8-7-9-11-25)20-61-43(37(49)36(48(29)4)33(27)38(51)39(22)55-6)35-34(30)42-41(58-21-59-42)23(2)40(35)60-24(3)50/h7-11,14,16-17,30-32,38-39,45,49,53H,12-13,15,19-22H2,1-6H3;7-11,14,16-17,29-30,36-37,43-44,47,51-52H,12-13,15,18-21H2,1-6H3/t30-,31-,32-,38+,39?,45+,47+;29-,30-,36+,37?,43+,44-,46+/m00/s1. The topological polar surface area (TPSA) is 319 Å². The number of nitrogens with one attached hydrogen (secondary N) is 2. The van der Waals surface area contributed by atoms with Crippen LogP contribution in [0.3, 0.4) is 0 Å². The Morgan fingerprint density at radius 2 is 0.951 bits per heavy atom. The molecule has 14 atom stereocenters. The number of thioether (sulfide) groups is 2. The quantitative estimate of drug-likeness (QED) is 0.0560. The van der Waals surface area contributed by atoms with E-state index >= 15 is 9.59 Å². The minimum Gasteiger partial charge on any atom is -0.504 e. The Hall–Kier alpha value is -10.8. The molecule has 2 spiro atoms. The van der Waals surface area contributed by atoms with Gasteiger partial charge in [-0.05, 0) is 147 Å². The van der Waals surface area contributed by atoms with Gasteiger partial charge in [-0.3, -0.25) is 39.8 Å². The molecule has 0 aromatic heterocycles. The molecule has 4 saturated heterocycles. The predicted molar refractivity (Wildman–Crippen MR) is 451 cm³/mol. The number of carbonyl (C=O) groups excluding carboxylic acids is 4. The molecule has 2 unspecified atom stereocenters. The van der Waals surface area contributed by atoms with Gasteiger partial charge in [-0.15, -0.1) is 23.5 Å². The van der Waals surface area contributed by atoms with Crippen molar-refractivity contribution >= 4 is 47.4 Å². The van der Waals surface area contributed by atoms with Gasteiger partial charge in [0, 0.05) is 101 Å². The van der Waals surface area contributed by atoms with Crippen LogP contribution in [0.4, 0.5) is 0 Å². The average Bonchev–Trinajstić information content (AvgIpc) is 1.52. The number of rotatable bonds is 12. The van der Waals surface area contributed by atoms with Crippen LogP contribution < -0.4 is 67.5 Å². The number of fused-ring (bicyclic) bond motifs is 18. The zero-order chi connectivity index (χ0) is 85.7. The van der Waals surface area contributed by atoms with E-state index in [0.717, 1.165) is 61.2 Å². The largest absolute Gasteiger partial charge is 0.504 e. The van der Waals surface area contributed by atoms with Crippen molar-refractivity contribution in [2.45, 2.75) is 163 Å². The number of hydrogen-bond acceptors (Lipinski definition) is 30. The van der Waals surface area contributed by atoms with Crippen LogP contribution in [0.5, 0.6) is 80.5 Å². The Labute approximate surface area is 720 Å². The second kappa shape index (κ2) is 31.7. The molecule has 14 heterocycles. The van der Waals surface area contributed by atoms with E-state index in [-0.39, 0.29) is 61.9 Å². The zero-order valence-electron chi connectivity index (χ0n) is 70.3. The van der Waals surface area contributed by atoms with Crippen molar-refractivity contribution in [1.82, 2.24) is 30.2 Å². The molecular formula is C93H97N7O21S2.